The summed E-state index contributed by atoms with van der Waals surface area (Å²) >= 11 is 0. The van der Waals surface area contributed by atoms with Crippen LogP contribution in [0.4, 0.5) is 5.69 Å². The highest BCUT2D eigenvalue weighted by Gasteiger charge is 2.03. The van der Waals surface area contributed by atoms with Crippen LogP contribution in [0.5, 0.6) is 17.2 Å². The Labute approximate surface area is 153 Å². The number of anilines is 1. The molecule has 1 N–H and O–H groups in total. The fourth-order valence-electron chi connectivity index (χ4n) is 2.30. The van der Waals surface area contributed by atoms with Crippen LogP contribution >= 0.6 is 0 Å². The Morgan fingerprint density at radius 2 is 1.54 bits per heavy atom. The number of ether oxygens (including phenoxy) is 3. The summed E-state index contributed by atoms with van der Waals surface area (Å²) < 4.78 is 15.7. The van der Waals surface area contributed by atoms with Crippen LogP contribution in [-0.4, -0.2) is 27.2 Å². The predicted molar refractivity (Wildman–Crippen MR) is 104 cm³/mol. The van der Waals surface area contributed by atoms with E-state index in [0.717, 1.165) is 22.6 Å². The molecule has 136 valence electrons. The summed E-state index contributed by atoms with van der Waals surface area (Å²) in [5.74, 6) is 1.97. The van der Waals surface area contributed by atoms with Gasteiger partial charge in [0.1, 0.15) is 17.2 Å². The minimum atomic E-state index is -0.204. The molecule has 1 amide bonds. The van der Waals surface area contributed by atoms with Gasteiger partial charge in [-0.25, -0.2) is 0 Å². The molecule has 0 atom stereocenters. The van der Waals surface area contributed by atoms with Crippen molar-refractivity contribution in [3.63, 3.8) is 0 Å². The normalized spacial score (nSPS) is 11.3. The van der Waals surface area contributed by atoms with E-state index in [4.69, 9.17) is 14.2 Å². The van der Waals surface area contributed by atoms with Crippen molar-refractivity contribution >= 4 is 17.7 Å². The van der Waals surface area contributed by atoms with Gasteiger partial charge in [-0.2, -0.15) is 0 Å². The summed E-state index contributed by atoms with van der Waals surface area (Å²) in [7, 11) is 4.82. The van der Waals surface area contributed by atoms with Crippen LogP contribution < -0.4 is 19.5 Å². The molecule has 0 aliphatic carbocycles. The zero-order valence-electron chi connectivity index (χ0n) is 15.4. The van der Waals surface area contributed by atoms with E-state index in [2.05, 4.69) is 5.32 Å². The molecule has 5 heteroatoms. The lowest BCUT2D eigenvalue weighted by molar-refractivity contribution is -0.111. The number of methoxy groups -OCH3 is 3. The molecule has 0 aliphatic heterocycles. The fraction of sp³-hybridized carbons (Fsp3) is 0.190. The van der Waals surface area contributed by atoms with Crippen LogP contribution in [0.2, 0.25) is 0 Å². The van der Waals surface area contributed by atoms with E-state index in [1.54, 1.807) is 51.7 Å². The van der Waals surface area contributed by atoms with E-state index in [0.29, 0.717) is 11.4 Å². The van der Waals surface area contributed by atoms with Crippen LogP contribution in [0.25, 0.3) is 6.08 Å². The average molecular weight is 353 g/mol. The van der Waals surface area contributed by atoms with Gasteiger partial charge in [0.25, 0.3) is 0 Å². The topological polar surface area (TPSA) is 56.8 Å². The maximum atomic E-state index is 12.0. The van der Waals surface area contributed by atoms with E-state index >= 15 is 0 Å². The molecule has 2 rings (SSSR count). The molecule has 0 fully saturated rings. The summed E-state index contributed by atoms with van der Waals surface area (Å²) in [6.07, 6.45) is 5.18. The number of carbonyl (C=O) groups is 1. The molecule has 0 unspecified atom stereocenters. The van der Waals surface area contributed by atoms with E-state index in [-0.39, 0.29) is 5.91 Å². The van der Waals surface area contributed by atoms with Crippen molar-refractivity contribution in [3.05, 3.63) is 65.8 Å². The van der Waals surface area contributed by atoms with Crippen molar-refractivity contribution in [2.45, 2.75) is 6.92 Å². The molecule has 2 aromatic rings. The van der Waals surface area contributed by atoms with Gasteiger partial charge in [-0.05, 0) is 49.4 Å². The van der Waals surface area contributed by atoms with E-state index in [1.807, 2.05) is 31.2 Å². The number of allylic oxidation sites excluding steroid dienone is 2. The van der Waals surface area contributed by atoms with Gasteiger partial charge < -0.3 is 19.5 Å². The second-order valence-corrected chi connectivity index (χ2v) is 5.55. The monoisotopic (exact) mass is 353 g/mol. The minimum Gasteiger partial charge on any atom is -0.497 e. The standard InChI is InChI=1S/C21H23NO4/c1-15(13-16-6-9-19(25-3)14-20(16)26-4)5-12-21(23)22-17-7-10-18(24-2)11-8-17/h5-14H,1-4H3,(H,22,23)/b12-5+,15-13+. The number of rotatable bonds is 7. The lowest BCUT2D eigenvalue weighted by atomic mass is 10.1. The largest absolute Gasteiger partial charge is 0.497 e. The van der Waals surface area contributed by atoms with Gasteiger partial charge in [-0.15, -0.1) is 0 Å². The summed E-state index contributed by atoms with van der Waals surface area (Å²) in [5, 5.41) is 2.80. The maximum Gasteiger partial charge on any atom is 0.248 e. The first kappa shape index (κ1) is 19.1. The molecule has 0 saturated carbocycles. The van der Waals surface area contributed by atoms with Crippen molar-refractivity contribution in [2.24, 2.45) is 0 Å². The summed E-state index contributed by atoms with van der Waals surface area (Å²) in [6.45, 7) is 1.92. The maximum absolute atomic E-state index is 12.0. The van der Waals surface area contributed by atoms with Crippen LogP contribution in [-0.2, 0) is 4.79 Å². The summed E-state index contributed by atoms with van der Waals surface area (Å²) in [5.41, 5.74) is 2.53. The molecule has 0 radical (unpaired) electrons. The molecule has 0 bridgehead atoms. The number of hydrogen-bond donors (Lipinski definition) is 1. The molecule has 26 heavy (non-hydrogen) atoms. The highest BCUT2D eigenvalue weighted by Crippen LogP contribution is 2.26. The molecular weight excluding hydrogens is 330 g/mol. The molecular formula is C21H23NO4. The highest BCUT2D eigenvalue weighted by atomic mass is 16.5. The van der Waals surface area contributed by atoms with E-state index < -0.39 is 0 Å². The first-order valence-corrected chi connectivity index (χ1v) is 8.09. The quantitative estimate of drug-likeness (QED) is 0.595. The zero-order valence-corrected chi connectivity index (χ0v) is 15.4. The molecule has 0 heterocycles. The average Bonchev–Trinajstić information content (AvgIpc) is 2.67. The Bertz CT molecular complexity index is 807. The second-order valence-electron chi connectivity index (χ2n) is 5.55. The van der Waals surface area contributed by atoms with Crippen molar-refractivity contribution in [3.8, 4) is 17.2 Å². The Hall–Kier alpha value is -3.21. The molecule has 5 nitrogen and oxygen atoms in total. The predicted octanol–water partition coefficient (Wildman–Crippen LogP) is 4.31. The van der Waals surface area contributed by atoms with E-state index in [1.165, 1.54) is 6.08 Å². The zero-order chi connectivity index (χ0) is 18.9. The van der Waals surface area contributed by atoms with Gasteiger partial charge in [-0.3, -0.25) is 4.79 Å². The second kappa shape index (κ2) is 9.32. The number of benzene rings is 2. The van der Waals surface area contributed by atoms with Gasteiger partial charge >= 0.3 is 0 Å². The van der Waals surface area contributed by atoms with Crippen molar-refractivity contribution in [2.75, 3.05) is 26.6 Å². The molecule has 2 aromatic carbocycles. The number of nitrogens with one attached hydrogen (secondary N) is 1. The Kier molecular flexibility index (Phi) is 6.85. The van der Waals surface area contributed by atoms with Crippen LogP contribution in [0, 0.1) is 0 Å². The third-order valence-corrected chi connectivity index (χ3v) is 3.68. The summed E-state index contributed by atoms with van der Waals surface area (Å²) in [6, 6.07) is 12.7. The minimum absolute atomic E-state index is 0.204. The Morgan fingerprint density at radius 1 is 0.885 bits per heavy atom. The lowest BCUT2D eigenvalue weighted by Crippen LogP contribution is -2.07. The smallest absolute Gasteiger partial charge is 0.248 e. The first-order chi connectivity index (χ1) is 12.5. The van der Waals surface area contributed by atoms with Crippen LogP contribution in [0.15, 0.2) is 60.2 Å². The number of hydrogen-bond acceptors (Lipinski definition) is 4. The van der Waals surface area contributed by atoms with Crippen LogP contribution in [0.1, 0.15) is 12.5 Å². The molecule has 0 aromatic heterocycles. The third kappa shape index (κ3) is 5.41. The first-order valence-electron chi connectivity index (χ1n) is 8.09. The fourth-order valence-corrected chi connectivity index (χ4v) is 2.30. The summed E-state index contributed by atoms with van der Waals surface area (Å²) in [4.78, 5) is 12.0. The molecule has 0 saturated heterocycles. The van der Waals surface area contributed by atoms with Gasteiger partial charge in [-0.1, -0.05) is 11.6 Å². The van der Waals surface area contributed by atoms with Gasteiger partial charge in [0.05, 0.1) is 21.3 Å². The van der Waals surface area contributed by atoms with Gasteiger partial charge in [0.15, 0.2) is 0 Å². The lowest BCUT2D eigenvalue weighted by Gasteiger charge is -2.08. The van der Waals surface area contributed by atoms with E-state index in [9.17, 15) is 4.79 Å². The van der Waals surface area contributed by atoms with Gasteiger partial charge in [0.2, 0.25) is 5.91 Å². The van der Waals surface area contributed by atoms with Crippen LogP contribution in [0.3, 0.4) is 0 Å². The third-order valence-electron chi connectivity index (χ3n) is 3.68. The van der Waals surface area contributed by atoms with Crippen molar-refractivity contribution in [1.29, 1.82) is 0 Å². The number of amides is 1. The molecule has 0 aliphatic rings. The molecule has 0 spiro atoms. The Balaban J connectivity index is 2.04. The SMILES string of the molecule is COc1ccc(NC(=O)/C=C/C(C)=C/c2ccc(OC)cc2OC)cc1. The van der Waals surface area contributed by atoms with Crippen molar-refractivity contribution < 1.29 is 19.0 Å². The van der Waals surface area contributed by atoms with Gasteiger partial charge in [0, 0.05) is 23.4 Å². The number of carbonyl (C=O) groups excluding carboxylic acids is 1. The Morgan fingerprint density at radius 3 is 2.15 bits per heavy atom. The van der Waals surface area contributed by atoms with Crippen molar-refractivity contribution in [1.82, 2.24) is 0 Å². The highest BCUT2D eigenvalue weighted by molar-refractivity contribution is 5.99.